The van der Waals surface area contributed by atoms with E-state index < -0.39 is 5.60 Å². The van der Waals surface area contributed by atoms with Crippen LogP contribution in [0, 0.1) is 0 Å². The summed E-state index contributed by atoms with van der Waals surface area (Å²) in [6, 6.07) is 3.13. The predicted molar refractivity (Wildman–Crippen MR) is 84.3 cm³/mol. The number of nitrogens with one attached hydrogen (secondary N) is 1. The van der Waals surface area contributed by atoms with Crippen LogP contribution in [0.2, 0.25) is 0 Å². The number of hydrogen-bond donors (Lipinski definition) is 2. The van der Waals surface area contributed by atoms with Crippen molar-refractivity contribution in [2.24, 2.45) is 0 Å². The van der Waals surface area contributed by atoms with E-state index in [4.69, 9.17) is 5.10 Å². The van der Waals surface area contributed by atoms with Gasteiger partial charge < -0.3 is 10.4 Å². The van der Waals surface area contributed by atoms with Gasteiger partial charge in [-0.05, 0) is 51.6 Å². The standard InChI is InChI=1S/C17H29N3O/c1-17(21,12-14-6-4-5-10-18-14)13-15-9-11-20(19-15)16-7-2-3-8-16/h9,11,14,16,18,21H,2-8,10,12-13H2,1H3. The van der Waals surface area contributed by atoms with Gasteiger partial charge in [-0.25, -0.2) is 0 Å². The molecule has 1 aliphatic carbocycles. The summed E-state index contributed by atoms with van der Waals surface area (Å²) in [5.74, 6) is 0. The molecule has 118 valence electrons. The maximum atomic E-state index is 10.7. The van der Waals surface area contributed by atoms with Crippen LogP contribution in [0.15, 0.2) is 12.3 Å². The predicted octanol–water partition coefficient (Wildman–Crippen LogP) is 2.82. The first-order chi connectivity index (χ1) is 10.1. The normalized spacial score (nSPS) is 26.9. The van der Waals surface area contributed by atoms with Gasteiger partial charge in [-0.1, -0.05) is 19.3 Å². The second-order valence-corrected chi connectivity index (χ2v) is 7.25. The van der Waals surface area contributed by atoms with E-state index in [1.807, 2.05) is 6.92 Å². The minimum absolute atomic E-state index is 0.464. The molecule has 1 aliphatic heterocycles. The van der Waals surface area contributed by atoms with E-state index in [2.05, 4.69) is 22.3 Å². The van der Waals surface area contributed by atoms with Crippen LogP contribution in [-0.4, -0.2) is 33.1 Å². The Morgan fingerprint density at radius 3 is 2.76 bits per heavy atom. The first kappa shape index (κ1) is 15.0. The molecule has 0 bridgehead atoms. The fourth-order valence-electron chi connectivity index (χ4n) is 3.94. The first-order valence-corrected chi connectivity index (χ1v) is 8.62. The molecule has 4 nitrogen and oxygen atoms in total. The van der Waals surface area contributed by atoms with Crippen molar-refractivity contribution in [3.05, 3.63) is 18.0 Å². The number of nitrogens with zero attached hydrogens (tertiary/aromatic N) is 2. The number of rotatable bonds is 5. The summed E-state index contributed by atoms with van der Waals surface area (Å²) in [5, 5.41) is 18.9. The van der Waals surface area contributed by atoms with Gasteiger partial charge in [0.25, 0.3) is 0 Å². The van der Waals surface area contributed by atoms with Gasteiger partial charge in [-0.3, -0.25) is 4.68 Å². The van der Waals surface area contributed by atoms with E-state index in [0.29, 0.717) is 18.5 Å². The maximum Gasteiger partial charge on any atom is 0.0690 e. The Labute approximate surface area is 127 Å². The minimum atomic E-state index is -0.663. The van der Waals surface area contributed by atoms with Crippen LogP contribution in [0.5, 0.6) is 0 Å². The van der Waals surface area contributed by atoms with E-state index >= 15 is 0 Å². The van der Waals surface area contributed by atoms with Gasteiger partial charge in [-0.2, -0.15) is 5.10 Å². The van der Waals surface area contributed by atoms with Crippen LogP contribution in [0.25, 0.3) is 0 Å². The molecule has 2 heterocycles. The monoisotopic (exact) mass is 291 g/mol. The highest BCUT2D eigenvalue weighted by atomic mass is 16.3. The van der Waals surface area contributed by atoms with Gasteiger partial charge in [0.1, 0.15) is 0 Å². The van der Waals surface area contributed by atoms with E-state index in [1.165, 1.54) is 44.9 Å². The summed E-state index contributed by atoms with van der Waals surface area (Å²) in [6.45, 7) is 3.05. The van der Waals surface area contributed by atoms with E-state index in [9.17, 15) is 5.11 Å². The summed E-state index contributed by atoms with van der Waals surface area (Å²) in [6.07, 6.45) is 12.5. The molecule has 0 spiro atoms. The van der Waals surface area contributed by atoms with Gasteiger partial charge in [0.2, 0.25) is 0 Å². The molecule has 2 unspecified atom stereocenters. The van der Waals surface area contributed by atoms with Crippen molar-refractivity contribution in [3.63, 3.8) is 0 Å². The van der Waals surface area contributed by atoms with Gasteiger partial charge >= 0.3 is 0 Å². The van der Waals surface area contributed by atoms with Crippen molar-refractivity contribution in [2.75, 3.05) is 6.54 Å². The molecule has 1 aromatic rings. The third-order valence-corrected chi connectivity index (χ3v) is 5.02. The topological polar surface area (TPSA) is 50.1 Å². The number of piperidine rings is 1. The molecule has 2 atom stereocenters. The molecule has 3 rings (SSSR count). The van der Waals surface area contributed by atoms with E-state index in [0.717, 1.165) is 18.7 Å². The van der Waals surface area contributed by atoms with E-state index in [1.54, 1.807) is 0 Å². The fourth-order valence-corrected chi connectivity index (χ4v) is 3.94. The summed E-state index contributed by atoms with van der Waals surface area (Å²) in [7, 11) is 0. The van der Waals surface area contributed by atoms with Crippen LogP contribution in [-0.2, 0) is 6.42 Å². The molecular weight excluding hydrogens is 262 g/mol. The van der Waals surface area contributed by atoms with Crippen molar-refractivity contribution in [3.8, 4) is 0 Å². The largest absolute Gasteiger partial charge is 0.390 e. The molecule has 1 aromatic heterocycles. The van der Waals surface area contributed by atoms with Crippen molar-refractivity contribution in [1.29, 1.82) is 0 Å². The lowest BCUT2D eigenvalue weighted by molar-refractivity contribution is 0.0361. The van der Waals surface area contributed by atoms with Crippen LogP contribution < -0.4 is 5.32 Å². The average Bonchev–Trinajstić information content (AvgIpc) is 3.09. The molecule has 0 radical (unpaired) electrons. The zero-order valence-electron chi connectivity index (χ0n) is 13.2. The SMILES string of the molecule is CC(O)(Cc1ccn(C2CCCC2)n1)CC1CCCCN1. The summed E-state index contributed by atoms with van der Waals surface area (Å²) in [4.78, 5) is 0. The molecule has 0 aromatic carbocycles. The van der Waals surface area contributed by atoms with Crippen molar-refractivity contribution in [2.45, 2.75) is 82.4 Å². The first-order valence-electron chi connectivity index (χ1n) is 8.62. The van der Waals surface area contributed by atoms with Gasteiger partial charge in [0, 0.05) is 18.7 Å². The molecule has 0 amide bonds. The van der Waals surface area contributed by atoms with Crippen LogP contribution in [0.4, 0.5) is 0 Å². The molecule has 2 fully saturated rings. The Bertz CT molecular complexity index is 443. The molecule has 21 heavy (non-hydrogen) atoms. The molecular formula is C17H29N3O. The molecule has 2 aliphatic rings. The number of aliphatic hydroxyl groups is 1. The highest BCUT2D eigenvalue weighted by Crippen LogP contribution is 2.29. The second-order valence-electron chi connectivity index (χ2n) is 7.25. The summed E-state index contributed by atoms with van der Waals surface area (Å²) < 4.78 is 2.12. The molecule has 4 heteroatoms. The van der Waals surface area contributed by atoms with Crippen LogP contribution in [0.3, 0.4) is 0 Å². The van der Waals surface area contributed by atoms with Gasteiger partial charge in [-0.15, -0.1) is 0 Å². The Balaban J connectivity index is 1.56. The Hall–Kier alpha value is -0.870. The number of hydrogen-bond acceptors (Lipinski definition) is 3. The lowest BCUT2D eigenvalue weighted by Gasteiger charge is -2.31. The van der Waals surface area contributed by atoms with Crippen molar-refractivity contribution in [1.82, 2.24) is 15.1 Å². The van der Waals surface area contributed by atoms with Crippen molar-refractivity contribution < 1.29 is 5.11 Å². The van der Waals surface area contributed by atoms with Crippen LogP contribution >= 0.6 is 0 Å². The minimum Gasteiger partial charge on any atom is -0.390 e. The van der Waals surface area contributed by atoms with E-state index in [-0.39, 0.29) is 0 Å². The Morgan fingerprint density at radius 1 is 1.29 bits per heavy atom. The lowest BCUT2D eigenvalue weighted by Crippen LogP contribution is -2.42. The van der Waals surface area contributed by atoms with Gasteiger partial charge in [0.05, 0.1) is 17.3 Å². The third-order valence-electron chi connectivity index (χ3n) is 5.02. The second kappa shape index (κ2) is 6.49. The highest BCUT2D eigenvalue weighted by Gasteiger charge is 2.28. The Morgan fingerprint density at radius 2 is 2.05 bits per heavy atom. The quantitative estimate of drug-likeness (QED) is 0.877. The average molecular weight is 291 g/mol. The highest BCUT2D eigenvalue weighted by molar-refractivity contribution is 5.05. The molecule has 2 N–H and O–H groups in total. The maximum absolute atomic E-state index is 10.7. The summed E-state index contributed by atoms with van der Waals surface area (Å²) in [5.41, 5.74) is 0.367. The number of aromatic nitrogens is 2. The van der Waals surface area contributed by atoms with Crippen LogP contribution in [0.1, 0.15) is 70.0 Å². The fraction of sp³-hybridized carbons (Fsp3) is 0.824. The Kier molecular flexibility index (Phi) is 4.65. The molecule has 1 saturated carbocycles. The smallest absolute Gasteiger partial charge is 0.0690 e. The third kappa shape index (κ3) is 4.07. The summed E-state index contributed by atoms with van der Waals surface area (Å²) >= 11 is 0. The molecule has 1 saturated heterocycles. The zero-order valence-corrected chi connectivity index (χ0v) is 13.2. The lowest BCUT2D eigenvalue weighted by atomic mass is 9.88. The zero-order chi connectivity index (χ0) is 14.7. The van der Waals surface area contributed by atoms with Crippen molar-refractivity contribution >= 4 is 0 Å². The van der Waals surface area contributed by atoms with Gasteiger partial charge in [0.15, 0.2) is 0 Å².